The third kappa shape index (κ3) is 3.99. The van der Waals surface area contributed by atoms with Gasteiger partial charge >= 0.3 is 0 Å². The zero-order valence-corrected chi connectivity index (χ0v) is 17.4. The molecule has 0 radical (unpaired) electrons. The van der Waals surface area contributed by atoms with Crippen molar-refractivity contribution < 1.29 is 14.3 Å². The Kier molecular flexibility index (Phi) is 5.67. The van der Waals surface area contributed by atoms with E-state index >= 15 is 0 Å². The number of hydrazone groups is 1. The van der Waals surface area contributed by atoms with Crippen molar-refractivity contribution in [3.05, 3.63) is 65.2 Å². The molecule has 7 nitrogen and oxygen atoms in total. The molecular weight excluding hydrogens is 400 g/mol. The molecule has 0 bridgehead atoms. The van der Waals surface area contributed by atoms with Crippen LogP contribution in [-0.4, -0.2) is 34.1 Å². The molecule has 30 heavy (non-hydrogen) atoms. The van der Waals surface area contributed by atoms with Crippen molar-refractivity contribution in [1.82, 2.24) is 5.01 Å². The Morgan fingerprint density at radius 1 is 1.17 bits per heavy atom. The number of hydrogen-bond donors (Lipinski definition) is 1. The molecule has 0 saturated heterocycles. The number of aliphatic imine (C=N–C) groups is 1. The van der Waals surface area contributed by atoms with Crippen LogP contribution in [-0.2, 0) is 11.4 Å². The first-order chi connectivity index (χ1) is 14.6. The molecule has 1 amide bonds. The highest BCUT2D eigenvalue weighted by Crippen LogP contribution is 2.32. The molecule has 2 aliphatic rings. The van der Waals surface area contributed by atoms with E-state index in [1.807, 2.05) is 43.3 Å². The van der Waals surface area contributed by atoms with Gasteiger partial charge in [-0.25, -0.2) is 0 Å². The second-order valence-corrected chi connectivity index (χ2v) is 7.59. The lowest BCUT2D eigenvalue weighted by molar-refractivity contribution is -0.114. The first kappa shape index (κ1) is 19.9. The molecule has 2 aromatic rings. The van der Waals surface area contributed by atoms with Crippen molar-refractivity contribution in [2.45, 2.75) is 20.0 Å². The summed E-state index contributed by atoms with van der Waals surface area (Å²) in [6.45, 7) is 2.39. The SMILES string of the molecule is CCC1=NN2C(=N)/C(=C/c3ccc(OCc4ccccc4)c(OC)c3)C(=O)N=C2S1. The van der Waals surface area contributed by atoms with Gasteiger partial charge in [0.05, 0.1) is 12.7 Å². The van der Waals surface area contributed by atoms with Gasteiger partial charge in [-0.2, -0.15) is 15.1 Å². The zero-order chi connectivity index (χ0) is 21.1. The van der Waals surface area contributed by atoms with Crippen LogP contribution in [0.3, 0.4) is 0 Å². The molecule has 8 heteroatoms. The Hall–Kier alpha value is -3.39. The van der Waals surface area contributed by atoms with Crippen molar-refractivity contribution in [2.24, 2.45) is 10.1 Å². The molecule has 0 fully saturated rings. The number of fused-ring (bicyclic) bond motifs is 1. The summed E-state index contributed by atoms with van der Waals surface area (Å²) in [4.78, 5) is 16.6. The Balaban J connectivity index is 1.57. The van der Waals surface area contributed by atoms with E-state index in [1.54, 1.807) is 25.3 Å². The first-order valence-corrected chi connectivity index (χ1v) is 10.2. The summed E-state index contributed by atoms with van der Waals surface area (Å²) >= 11 is 1.32. The van der Waals surface area contributed by atoms with E-state index in [0.29, 0.717) is 28.8 Å². The Labute approximate surface area is 178 Å². The highest BCUT2D eigenvalue weighted by atomic mass is 32.2. The normalized spacial score (nSPS) is 17.0. The number of rotatable bonds is 6. The third-order valence-electron chi connectivity index (χ3n) is 4.53. The van der Waals surface area contributed by atoms with E-state index < -0.39 is 5.91 Å². The van der Waals surface area contributed by atoms with Crippen LogP contribution in [0, 0.1) is 5.41 Å². The predicted molar refractivity (Wildman–Crippen MR) is 119 cm³/mol. The number of ether oxygens (including phenoxy) is 2. The van der Waals surface area contributed by atoms with Crippen molar-refractivity contribution in [3.8, 4) is 11.5 Å². The molecule has 2 heterocycles. The fourth-order valence-electron chi connectivity index (χ4n) is 2.97. The number of amidine groups is 2. The molecule has 152 valence electrons. The lowest BCUT2D eigenvalue weighted by atomic mass is 10.1. The lowest BCUT2D eigenvalue weighted by Crippen LogP contribution is -2.35. The monoisotopic (exact) mass is 420 g/mol. The van der Waals surface area contributed by atoms with E-state index in [0.717, 1.165) is 17.0 Å². The summed E-state index contributed by atoms with van der Waals surface area (Å²) in [6.07, 6.45) is 2.35. The van der Waals surface area contributed by atoms with Gasteiger partial charge in [0.25, 0.3) is 5.91 Å². The maximum Gasteiger partial charge on any atom is 0.283 e. The van der Waals surface area contributed by atoms with Crippen LogP contribution in [0.2, 0.25) is 0 Å². The summed E-state index contributed by atoms with van der Waals surface area (Å²) in [7, 11) is 1.56. The lowest BCUT2D eigenvalue weighted by Gasteiger charge is -2.20. The largest absolute Gasteiger partial charge is 0.493 e. The van der Waals surface area contributed by atoms with Crippen LogP contribution in [0.4, 0.5) is 0 Å². The second kappa shape index (κ2) is 8.54. The summed E-state index contributed by atoms with van der Waals surface area (Å²) in [5, 5.41) is 15.4. The third-order valence-corrected chi connectivity index (χ3v) is 5.59. The van der Waals surface area contributed by atoms with Gasteiger partial charge in [-0.1, -0.05) is 43.3 Å². The summed E-state index contributed by atoms with van der Waals surface area (Å²) in [6, 6.07) is 15.2. The summed E-state index contributed by atoms with van der Waals surface area (Å²) in [5.41, 5.74) is 1.94. The number of hydrogen-bond acceptors (Lipinski definition) is 6. The minimum absolute atomic E-state index is 0.0179. The van der Waals surface area contributed by atoms with E-state index in [-0.39, 0.29) is 11.4 Å². The number of carbonyl (C=O) groups is 1. The summed E-state index contributed by atoms with van der Waals surface area (Å²) in [5.74, 6) is 0.711. The van der Waals surface area contributed by atoms with Crippen molar-refractivity contribution >= 4 is 39.8 Å². The molecule has 2 aliphatic heterocycles. The minimum atomic E-state index is -0.449. The quantitative estimate of drug-likeness (QED) is 0.704. The average molecular weight is 420 g/mol. The van der Waals surface area contributed by atoms with E-state index in [4.69, 9.17) is 14.9 Å². The van der Waals surface area contributed by atoms with Crippen molar-refractivity contribution in [1.29, 1.82) is 5.41 Å². The highest BCUT2D eigenvalue weighted by Gasteiger charge is 2.35. The number of carbonyl (C=O) groups excluding carboxylic acids is 1. The van der Waals surface area contributed by atoms with Crippen LogP contribution < -0.4 is 9.47 Å². The van der Waals surface area contributed by atoms with Gasteiger partial charge < -0.3 is 9.47 Å². The number of amides is 1. The van der Waals surface area contributed by atoms with Crippen LogP contribution in [0.1, 0.15) is 24.5 Å². The van der Waals surface area contributed by atoms with Gasteiger partial charge in [0, 0.05) is 0 Å². The number of nitrogens with zero attached hydrogens (tertiary/aromatic N) is 3. The average Bonchev–Trinajstić information content (AvgIpc) is 3.19. The van der Waals surface area contributed by atoms with Crippen molar-refractivity contribution in [2.75, 3.05) is 7.11 Å². The van der Waals surface area contributed by atoms with E-state index in [9.17, 15) is 4.79 Å². The smallest absolute Gasteiger partial charge is 0.283 e. The fourth-order valence-corrected chi connectivity index (χ4v) is 3.79. The molecule has 0 unspecified atom stereocenters. The molecule has 0 saturated carbocycles. The van der Waals surface area contributed by atoms with Crippen molar-refractivity contribution in [3.63, 3.8) is 0 Å². The Morgan fingerprint density at radius 3 is 2.70 bits per heavy atom. The molecule has 1 N–H and O–H groups in total. The van der Waals surface area contributed by atoms with E-state index in [2.05, 4.69) is 10.1 Å². The topological polar surface area (TPSA) is 87.3 Å². The van der Waals surface area contributed by atoms with Crippen LogP contribution in [0.25, 0.3) is 6.08 Å². The summed E-state index contributed by atoms with van der Waals surface area (Å²) < 4.78 is 11.3. The van der Waals surface area contributed by atoms with Gasteiger partial charge in [0.15, 0.2) is 17.3 Å². The first-order valence-electron chi connectivity index (χ1n) is 9.43. The molecule has 0 spiro atoms. The number of nitrogens with one attached hydrogen (secondary N) is 1. The Morgan fingerprint density at radius 2 is 1.97 bits per heavy atom. The Bertz CT molecular complexity index is 1090. The van der Waals surface area contributed by atoms with Gasteiger partial charge in [-0.15, -0.1) is 0 Å². The van der Waals surface area contributed by atoms with Gasteiger partial charge in [0.2, 0.25) is 5.17 Å². The van der Waals surface area contributed by atoms with Crippen LogP contribution in [0.15, 0.2) is 64.2 Å². The van der Waals surface area contributed by atoms with Gasteiger partial charge in [-0.05, 0) is 47.5 Å². The molecule has 0 atom stereocenters. The molecule has 2 aromatic carbocycles. The fraction of sp³-hybridized carbons (Fsp3) is 0.182. The molecule has 4 rings (SSSR count). The van der Waals surface area contributed by atoms with Crippen LogP contribution >= 0.6 is 11.8 Å². The number of methoxy groups -OCH3 is 1. The molecule has 0 aromatic heterocycles. The maximum absolute atomic E-state index is 12.5. The minimum Gasteiger partial charge on any atom is -0.493 e. The standard InChI is InChI=1S/C22H20N4O3S/c1-3-19-25-26-20(23)16(21(27)24-22(26)30-19)11-15-9-10-17(18(12-15)28-2)29-13-14-7-5-4-6-8-14/h4-12,23H,3,13H2,1-2H3/b16-11-,23-20?. The highest BCUT2D eigenvalue weighted by molar-refractivity contribution is 8.26. The number of benzene rings is 2. The second-order valence-electron chi connectivity index (χ2n) is 6.55. The molecular formula is C22H20N4O3S. The van der Waals surface area contributed by atoms with Gasteiger partial charge in [0.1, 0.15) is 11.7 Å². The maximum atomic E-state index is 12.5. The van der Waals surface area contributed by atoms with Crippen LogP contribution in [0.5, 0.6) is 11.5 Å². The number of thioether (sulfide) groups is 1. The molecule has 0 aliphatic carbocycles. The van der Waals surface area contributed by atoms with Gasteiger partial charge in [-0.3, -0.25) is 10.2 Å². The van der Waals surface area contributed by atoms with E-state index in [1.165, 1.54) is 16.8 Å². The predicted octanol–water partition coefficient (Wildman–Crippen LogP) is 4.30. The zero-order valence-electron chi connectivity index (χ0n) is 16.6.